The number of nitrogens with zero attached hydrogens (tertiary/aromatic N) is 2. The zero-order chi connectivity index (χ0) is 13.8. The molecule has 0 amide bonds. The fourth-order valence-electron chi connectivity index (χ4n) is 3.00. The van der Waals surface area contributed by atoms with Crippen molar-refractivity contribution in [3.63, 3.8) is 0 Å². The molecule has 1 saturated heterocycles. The molecule has 0 aromatic heterocycles. The first kappa shape index (κ1) is 14.5. The molecule has 1 aromatic rings. The fraction of sp³-hybridized carbons (Fsp3) is 0.625. The fourth-order valence-corrected chi connectivity index (χ4v) is 3.00. The molecule has 1 N–H and O–H groups in total. The van der Waals surface area contributed by atoms with Gasteiger partial charge in [0.15, 0.2) is 0 Å². The quantitative estimate of drug-likeness (QED) is 0.894. The number of hydrogen-bond acceptors (Lipinski definition) is 3. The van der Waals surface area contributed by atoms with Gasteiger partial charge in [0.05, 0.1) is 0 Å². The number of nitrogens with one attached hydrogen (secondary N) is 1. The SMILES string of the molecule is CNC(c1ccccc1)C(C)N1CCN(C)C(C)C1. The molecule has 19 heavy (non-hydrogen) atoms. The van der Waals surface area contributed by atoms with Crippen LogP contribution in [0, 0.1) is 0 Å². The Balaban J connectivity index is 2.07. The van der Waals surface area contributed by atoms with E-state index in [2.05, 4.69) is 73.4 Å². The molecule has 0 radical (unpaired) electrons. The lowest BCUT2D eigenvalue weighted by Gasteiger charge is -2.43. The molecule has 1 aromatic carbocycles. The minimum atomic E-state index is 0.400. The topological polar surface area (TPSA) is 18.5 Å². The van der Waals surface area contributed by atoms with Crippen molar-refractivity contribution in [1.29, 1.82) is 0 Å². The van der Waals surface area contributed by atoms with E-state index in [0.717, 1.165) is 19.6 Å². The summed E-state index contributed by atoms with van der Waals surface area (Å²) in [5.74, 6) is 0. The highest BCUT2D eigenvalue weighted by Crippen LogP contribution is 2.22. The van der Waals surface area contributed by atoms with Crippen molar-refractivity contribution < 1.29 is 0 Å². The van der Waals surface area contributed by atoms with Gasteiger partial charge in [-0.05, 0) is 33.5 Å². The van der Waals surface area contributed by atoms with Crippen molar-refractivity contribution in [3.8, 4) is 0 Å². The highest BCUT2D eigenvalue weighted by molar-refractivity contribution is 5.20. The van der Waals surface area contributed by atoms with Gasteiger partial charge in [0.25, 0.3) is 0 Å². The van der Waals surface area contributed by atoms with Crippen molar-refractivity contribution >= 4 is 0 Å². The summed E-state index contributed by atoms with van der Waals surface area (Å²) in [6.45, 7) is 8.13. The Morgan fingerprint density at radius 1 is 1.21 bits per heavy atom. The predicted octanol–water partition coefficient (Wildman–Crippen LogP) is 1.97. The summed E-state index contributed by atoms with van der Waals surface area (Å²) in [7, 11) is 4.28. The van der Waals surface area contributed by atoms with E-state index in [0.29, 0.717) is 18.1 Å². The first-order valence-corrected chi connectivity index (χ1v) is 7.30. The van der Waals surface area contributed by atoms with Gasteiger partial charge in [0, 0.05) is 37.8 Å². The first-order chi connectivity index (χ1) is 9.13. The second-order valence-electron chi connectivity index (χ2n) is 5.74. The van der Waals surface area contributed by atoms with Crippen molar-refractivity contribution in [3.05, 3.63) is 35.9 Å². The van der Waals surface area contributed by atoms with E-state index in [1.807, 2.05) is 0 Å². The zero-order valence-electron chi connectivity index (χ0n) is 12.6. The third-order valence-electron chi connectivity index (χ3n) is 4.52. The number of rotatable bonds is 4. The van der Waals surface area contributed by atoms with Crippen LogP contribution in [-0.4, -0.2) is 55.6 Å². The van der Waals surface area contributed by atoms with Crippen LogP contribution in [0.15, 0.2) is 30.3 Å². The molecule has 1 heterocycles. The highest BCUT2D eigenvalue weighted by Gasteiger charge is 2.28. The second kappa shape index (κ2) is 6.51. The van der Waals surface area contributed by atoms with E-state index >= 15 is 0 Å². The van der Waals surface area contributed by atoms with E-state index in [-0.39, 0.29) is 0 Å². The molecule has 3 unspecified atom stereocenters. The van der Waals surface area contributed by atoms with Gasteiger partial charge in [0.2, 0.25) is 0 Å². The third-order valence-corrected chi connectivity index (χ3v) is 4.52. The largest absolute Gasteiger partial charge is 0.312 e. The molecule has 2 rings (SSSR count). The maximum atomic E-state index is 3.49. The van der Waals surface area contributed by atoms with Crippen LogP contribution in [0.25, 0.3) is 0 Å². The zero-order valence-corrected chi connectivity index (χ0v) is 12.6. The Bertz CT molecular complexity index is 379. The summed E-state index contributed by atoms with van der Waals surface area (Å²) in [5.41, 5.74) is 1.38. The minimum absolute atomic E-state index is 0.400. The molecule has 106 valence electrons. The Hall–Kier alpha value is -0.900. The Kier molecular flexibility index (Phi) is 4.97. The molecular weight excluding hydrogens is 234 g/mol. The summed E-state index contributed by atoms with van der Waals surface area (Å²) in [6, 6.07) is 12.3. The van der Waals surface area contributed by atoms with Crippen LogP contribution in [0.1, 0.15) is 25.5 Å². The van der Waals surface area contributed by atoms with E-state index in [4.69, 9.17) is 0 Å². The van der Waals surface area contributed by atoms with Crippen molar-refractivity contribution in [2.75, 3.05) is 33.7 Å². The molecular formula is C16H27N3. The Morgan fingerprint density at radius 3 is 2.47 bits per heavy atom. The highest BCUT2D eigenvalue weighted by atomic mass is 15.3. The predicted molar refractivity (Wildman–Crippen MR) is 81.4 cm³/mol. The molecule has 0 spiro atoms. The number of likely N-dealkylation sites (N-methyl/N-ethyl adjacent to an activating group) is 2. The molecule has 1 fully saturated rings. The Morgan fingerprint density at radius 2 is 1.89 bits per heavy atom. The lowest BCUT2D eigenvalue weighted by Crippen LogP contribution is -2.55. The summed E-state index contributed by atoms with van der Waals surface area (Å²) >= 11 is 0. The van der Waals surface area contributed by atoms with Gasteiger partial charge in [0.1, 0.15) is 0 Å². The van der Waals surface area contributed by atoms with E-state index in [1.54, 1.807) is 0 Å². The average Bonchev–Trinajstić information content (AvgIpc) is 2.44. The summed E-state index contributed by atoms with van der Waals surface area (Å²) in [6.07, 6.45) is 0. The maximum absolute atomic E-state index is 3.49. The molecule has 0 aliphatic carbocycles. The van der Waals surface area contributed by atoms with Gasteiger partial charge >= 0.3 is 0 Å². The minimum Gasteiger partial charge on any atom is -0.312 e. The van der Waals surface area contributed by atoms with Crippen LogP contribution in [0.3, 0.4) is 0 Å². The van der Waals surface area contributed by atoms with Gasteiger partial charge in [-0.2, -0.15) is 0 Å². The van der Waals surface area contributed by atoms with Gasteiger partial charge in [-0.1, -0.05) is 30.3 Å². The molecule has 0 bridgehead atoms. The van der Waals surface area contributed by atoms with Gasteiger partial charge in [-0.25, -0.2) is 0 Å². The monoisotopic (exact) mass is 261 g/mol. The number of piperazine rings is 1. The molecule has 3 nitrogen and oxygen atoms in total. The van der Waals surface area contributed by atoms with Gasteiger partial charge < -0.3 is 10.2 Å². The smallest absolute Gasteiger partial charge is 0.0473 e. The van der Waals surface area contributed by atoms with Crippen LogP contribution in [-0.2, 0) is 0 Å². The van der Waals surface area contributed by atoms with Crippen LogP contribution in [0.5, 0.6) is 0 Å². The molecule has 0 saturated carbocycles. The molecule has 1 aliphatic heterocycles. The van der Waals surface area contributed by atoms with Crippen LogP contribution in [0.4, 0.5) is 0 Å². The van der Waals surface area contributed by atoms with Gasteiger partial charge in [-0.3, -0.25) is 4.90 Å². The standard InChI is InChI=1S/C16H27N3/c1-13-12-19(11-10-18(13)4)14(2)16(17-3)15-8-6-5-7-9-15/h5-9,13-14,16-17H,10-12H2,1-4H3. The summed E-state index contributed by atoms with van der Waals surface area (Å²) in [4.78, 5) is 5.05. The molecule has 3 atom stereocenters. The number of benzene rings is 1. The lowest BCUT2D eigenvalue weighted by molar-refractivity contribution is 0.0644. The molecule has 1 aliphatic rings. The maximum Gasteiger partial charge on any atom is 0.0473 e. The van der Waals surface area contributed by atoms with Crippen LogP contribution in [0.2, 0.25) is 0 Å². The first-order valence-electron chi connectivity index (χ1n) is 7.30. The number of hydrogen-bond donors (Lipinski definition) is 1. The average molecular weight is 261 g/mol. The van der Waals surface area contributed by atoms with Gasteiger partial charge in [-0.15, -0.1) is 0 Å². The summed E-state index contributed by atoms with van der Waals surface area (Å²) in [5, 5.41) is 3.49. The van der Waals surface area contributed by atoms with Crippen molar-refractivity contribution in [1.82, 2.24) is 15.1 Å². The van der Waals surface area contributed by atoms with E-state index in [9.17, 15) is 0 Å². The van der Waals surface area contributed by atoms with Crippen LogP contribution >= 0.6 is 0 Å². The lowest BCUT2D eigenvalue weighted by atomic mass is 9.98. The van der Waals surface area contributed by atoms with Crippen LogP contribution < -0.4 is 5.32 Å². The van der Waals surface area contributed by atoms with E-state index < -0.39 is 0 Å². The van der Waals surface area contributed by atoms with Crippen molar-refractivity contribution in [2.24, 2.45) is 0 Å². The summed E-state index contributed by atoms with van der Waals surface area (Å²) < 4.78 is 0. The van der Waals surface area contributed by atoms with Crippen molar-refractivity contribution in [2.45, 2.75) is 32.0 Å². The third kappa shape index (κ3) is 3.35. The molecule has 3 heteroatoms. The van der Waals surface area contributed by atoms with E-state index in [1.165, 1.54) is 5.56 Å². The normalized spacial score (nSPS) is 25.2. The Labute approximate surface area is 117 Å². The second-order valence-corrected chi connectivity index (χ2v) is 5.74.